The number of nitrogens with one attached hydrogen (secondary N) is 2. The normalized spacial score (nSPS) is 16.0. The van der Waals surface area contributed by atoms with Gasteiger partial charge in [-0.05, 0) is 102 Å². The van der Waals surface area contributed by atoms with E-state index in [9.17, 15) is 12.8 Å². The monoisotopic (exact) mass is 540 g/mol. The van der Waals surface area contributed by atoms with Gasteiger partial charge in [-0.25, -0.2) is 17.5 Å². The Hall–Kier alpha value is -4.01. The van der Waals surface area contributed by atoms with Crippen molar-refractivity contribution < 1.29 is 12.8 Å². The van der Waals surface area contributed by atoms with Crippen molar-refractivity contribution in [1.82, 2.24) is 19.6 Å². The molecule has 0 radical (unpaired) electrons. The summed E-state index contributed by atoms with van der Waals surface area (Å²) in [6.07, 6.45) is 14.6. The Bertz CT molecular complexity index is 1620. The van der Waals surface area contributed by atoms with E-state index >= 15 is 0 Å². The average molecular weight is 541 g/mol. The highest BCUT2D eigenvalue weighted by molar-refractivity contribution is 7.89. The predicted octanol–water partition coefficient (Wildman–Crippen LogP) is 6.08. The van der Waals surface area contributed by atoms with Gasteiger partial charge in [0, 0.05) is 48.8 Å². The zero-order chi connectivity index (χ0) is 26.8. The second-order valence-electron chi connectivity index (χ2n) is 9.95. The molecule has 2 aliphatic rings. The predicted molar refractivity (Wildman–Crippen MR) is 152 cm³/mol. The van der Waals surface area contributed by atoms with E-state index in [4.69, 9.17) is 0 Å². The third kappa shape index (κ3) is 5.72. The van der Waals surface area contributed by atoms with Crippen LogP contribution in [-0.2, 0) is 10.0 Å². The highest BCUT2D eigenvalue weighted by atomic mass is 32.2. The van der Waals surface area contributed by atoms with Gasteiger partial charge < -0.3 is 9.88 Å². The number of nitrogens with zero attached hydrogens (tertiary/aromatic N) is 2. The van der Waals surface area contributed by atoms with Crippen molar-refractivity contribution in [3.05, 3.63) is 108 Å². The highest BCUT2D eigenvalue weighted by Crippen LogP contribution is 2.39. The first kappa shape index (κ1) is 25.3. The minimum Gasteiger partial charge on any atom is -0.373 e. The Morgan fingerprint density at radius 3 is 2.38 bits per heavy atom. The number of halogens is 1. The fraction of sp³-hybridized carbons (Fsp3) is 0.194. The maximum atomic E-state index is 13.6. The van der Waals surface area contributed by atoms with Crippen LogP contribution in [0.15, 0.2) is 96.4 Å². The SMILES string of the molecule is O=S(=O)(NC1CC1)c1ccc(C=CN2CC=C(c3c[nH]c(-c4ccc(F)cc4)c3-c3ccncc3)CC2)cc1. The molecule has 6 rings (SSSR count). The smallest absolute Gasteiger partial charge is 0.240 e. The minimum absolute atomic E-state index is 0.0909. The van der Waals surface area contributed by atoms with Gasteiger partial charge in [0.2, 0.25) is 10.0 Å². The molecule has 8 heteroatoms. The number of benzene rings is 2. The number of aromatic amines is 1. The van der Waals surface area contributed by atoms with Crippen molar-refractivity contribution in [2.45, 2.75) is 30.2 Å². The molecule has 3 heterocycles. The number of hydrogen-bond donors (Lipinski definition) is 2. The zero-order valence-corrected chi connectivity index (χ0v) is 22.2. The summed E-state index contributed by atoms with van der Waals surface area (Å²) < 4.78 is 41.1. The van der Waals surface area contributed by atoms with Crippen LogP contribution in [0.2, 0.25) is 0 Å². The Kier molecular flexibility index (Phi) is 6.89. The fourth-order valence-electron chi connectivity index (χ4n) is 4.84. The van der Waals surface area contributed by atoms with Gasteiger partial charge in [-0.2, -0.15) is 0 Å². The Morgan fingerprint density at radius 1 is 0.974 bits per heavy atom. The maximum absolute atomic E-state index is 13.6. The summed E-state index contributed by atoms with van der Waals surface area (Å²) in [5.74, 6) is -0.259. The number of hydrogen-bond acceptors (Lipinski definition) is 4. The molecule has 2 N–H and O–H groups in total. The second-order valence-corrected chi connectivity index (χ2v) is 11.7. The summed E-state index contributed by atoms with van der Waals surface area (Å²) in [6, 6.07) is 17.6. The molecule has 1 aliphatic heterocycles. The summed E-state index contributed by atoms with van der Waals surface area (Å²) in [7, 11) is -3.44. The van der Waals surface area contributed by atoms with Gasteiger partial charge in [-0.1, -0.05) is 18.2 Å². The average Bonchev–Trinajstić information content (AvgIpc) is 3.66. The summed E-state index contributed by atoms with van der Waals surface area (Å²) in [5, 5.41) is 0. The summed E-state index contributed by atoms with van der Waals surface area (Å²) in [6.45, 7) is 1.61. The van der Waals surface area contributed by atoms with Crippen LogP contribution in [0.5, 0.6) is 0 Å². The van der Waals surface area contributed by atoms with E-state index in [0.29, 0.717) is 4.90 Å². The minimum atomic E-state index is -3.44. The van der Waals surface area contributed by atoms with Crippen molar-refractivity contribution in [2.75, 3.05) is 13.1 Å². The molecular formula is C31H29FN4O2S. The molecule has 1 saturated carbocycles. The molecule has 0 saturated heterocycles. The van der Waals surface area contributed by atoms with Crippen LogP contribution in [0.4, 0.5) is 4.39 Å². The van der Waals surface area contributed by atoms with Crippen LogP contribution in [0.3, 0.4) is 0 Å². The standard InChI is InChI=1S/C31H29FN4O2S/c32-26-5-3-25(4-6-26)31-30(24-11-16-33-17-12-24)29(21-34-31)23-14-19-36(20-15-23)18-13-22-1-9-28(10-2-22)39(37,38)35-27-7-8-27/h1-6,9-14,16-18,21,27,34-35H,7-8,15,19-20H2. The Balaban J connectivity index is 1.19. The van der Waals surface area contributed by atoms with Crippen molar-refractivity contribution in [3.8, 4) is 22.4 Å². The first-order chi connectivity index (χ1) is 19.0. The first-order valence-corrected chi connectivity index (χ1v) is 14.6. The van der Waals surface area contributed by atoms with Gasteiger partial charge in [0.05, 0.1) is 10.6 Å². The van der Waals surface area contributed by atoms with Crippen LogP contribution in [0, 0.1) is 5.82 Å². The van der Waals surface area contributed by atoms with Crippen LogP contribution in [-0.4, -0.2) is 42.4 Å². The van der Waals surface area contributed by atoms with Gasteiger partial charge in [0.1, 0.15) is 5.82 Å². The van der Waals surface area contributed by atoms with Crippen molar-refractivity contribution in [2.24, 2.45) is 0 Å². The van der Waals surface area contributed by atoms with E-state index in [1.54, 1.807) is 36.7 Å². The molecule has 198 valence electrons. The van der Waals surface area contributed by atoms with Crippen molar-refractivity contribution >= 4 is 21.7 Å². The molecule has 2 aromatic heterocycles. The van der Waals surface area contributed by atoms with E-state index < -0.39 is 10.0 Å². The van der Waals surface area contributed by atoms with E-state index in [2.05, 4.69) is 31.9 Å². The molecule has 1 fully saturated rings. The van der Waals surface area contributed by atoms with E-state index in [1.807, 2.05) is 36.5 Å². The lowest BCUT2D eigenvalue weighted by Crippen LogP contribution is -2.25. The van der Waals surface area contributed by atoms with Gasteiger partial charge in [-0.3, -0.25) is 4.98 Å². The lowest BCUT2D eigenvalue weighted by molar-refractivity contribution is 0.416. The van der Waals surface area contributed by atoms with Gasteiger partial charge in [-0.15, -0.1) is 0 Å². The van der Waals surface area contributed by atoms with Crippen molar-refractivity contribution in [1.29, 1.82) is 0 Å². The molecule has 0 unspecified atom stereocenters. The molecule has 2 aromatic carbocycles. The van der Waals surface area contributed by atoms with Crippen molar-refractivity contribution in [3.63, 3.8) is 0 Å². The van der Waals surface area contributed by atoms with Crippen LogP contribution < -0.4 is 4.72 Å². The summed E-state index contributed by atoms with van der Waals surface area (Å²) >= 11 is 0. The fourth-order valence-corrected chi connectivity index (χ4v) is 6.15. The third-order valence-electron chi connectivity index (χ3n) is 7.14. The molecule has 0 amide bonds. The Labute approximate surface area is 228 Å². The maximum Gasteiger partial charge on any atom is 0.240 e. The van der Waals surface area contributed by atoms with Gasteiger partial charge in [0.25, 0.3) is 0 Å². The number of pyridine rings is 1. The van der Waals surface area contributed by atoms with E-state index in [0.717, 1.165) is 65.9 Å². The molecule has 0 spiro atoms. The molecule has 0 atom stereocenters. The zero-order valence-electron chi connectivity index (χ0n) is 21.3. The van der Waals surface area contributed by atoms with Crippen LogP contribution in [0.1, 0.15) is 30.4 Å². The second kappa shape index (κ2) is 10.6. The summed E-state index contributed by atoms with van der Waals surface area (Å²) in [5.41, 5.74) is 7.38. The molecule has 1 aliphatic carbocycles. The molecule has 6 nitrogen and oxygen atoms in total. The largest absolute Gasteiger partial charge is 0.373 e. The quantitative estimate of drug-likeness (QED) is 0.284. The van der Waals surface area contributed by atoms with Gasteiger partial charge in [0.15, 0.2) is 0 Å². The highest BCUT2D eigenvalue weighted by Gasteiger charge is 2.27. The van der Waals surface area contributed by atoms with E-state index in [1.165, 1.54) is 17.7 Å². The van der Waals surface area contributed by atoms with E-state index in [-0.39, 0.29) is 11.9 Å². The molecule has 39 heavy (non-hydrogen) atoms. The number of rotatable bonds is 8. The summed E-state index contributed by atoms with van der Waals surface area (Å²) in [4.78, 5) is 10.1. The van der Waals surface area contributed by atoms with Crippen LogP contribution >= 0.6 is 0 Å². The number of sulfonamides is 1. The topological polar surface area (TPSA) is 78.1 Å². The lowest BCUT2D eigenvalue weighted by atomic mass is 9.92. The molecular weight excluding hydrogens is 511 g/mol. The first-order valence-electron chi connectivity index (χ1n) is 13.1. The molecule has 0 bridgehead atoms. The number of H-pyrrole nitrogens is 1. The Morgan fingerprint density at radius 2 is 1.72 bits per heavy atom. The lowest BCUT2D eigenvalue weighted by Gasteiger charge is -2.25. The number of aromatic nitrogens is 2. The van der Waals surface area contributed by atoms with Crippen LogP contribution in [0.25, 0.3) is 34.0 Å². The third-order valence-corrected chi connectivity index (χ3v) is 8.67. The van der Waals surface area contributed by atoms with Gasteiger partial charge >= 0.3 is 0 Å². The molecule has 4 aromatic rings.